The Morgan fingerprint density at radius 1 is 1.21 bits per heavy atom. The first-order chi connectivity index (χ1) is 14.0. The van der Waals surface area contributed by atoms with E-state index in [0.29, 0.717) is 9.50 Å². The molecule has 4 rings (SSSR count). The minimum absolute atomic E-state index is 0.104. The average molecular weight is 471 g/mol. The van der Waals surface area contributed by atoms with E-state index in [9.17, 15) is 9.18 Å². The molecule has 1 amide bonds. The van der Waals surface area contributed by atoms with Gasteiger partial charge in [-0.15, -0.1) is 0 Å². The van der Waals surface area contributed by atoms with E-state index in [4.69, 9.17) is 0 Å². The summed E-state index contributed by atoms with van der Waals surface area (Å²) in [5.74, 6) is -0.692. The van der Waals surface area contributed by atoms with Crippen LogP contribution in [0, 0.1) is 12.7 Å². The van der Waals surface area contributed by atoms with Crippen LogP contribution in [0.4, 0.5) is 10.1 Å². The number of nitrogens with one attached hydrogen (secondary N) is 1. The number of halogens is 2. The largest absolute Gasteiger partial charge is 0.323 e. The number of hydrogen-bond donors (Lipinski definition) is 1. The van der Waals surface area contributed by atoms with E-state index in [1.54, 1.807) is 23.0 Å². The van der Waals surface area contributed by atoms with Crippen LogP contribution < -0.4 is 5.32 Å². The summed E-state index contributed by atoms with van der Waals surface area (Å²) in [5.41, 5.74) is 4.00. The maximum Gasteiger partial charge on any atom is 0.234 e. The Bertz CT molecular complexity index is 1190. The fraction of sp³-hybridized carbons (Fsp3) is 0.0952. The third kappa shape index (κ3) is 4.49. The second kappa shape index (κ2) is 8.34. The first-order valence-corrected chi connectivity index (χ1v) is 10.6. The Morgan fingerprint density at radius 3 is 2.76 bits per heavy atom. The van der Waals surface area contributed by atoms with Gasteiger partial charge in [0.25, 0.3) is 0 Å². The molecule has 5 nitrogen and oxygen atoms in total. The van der Waals surface area contributed by atoms with E-state index in [-0.39, 0.29) is 17.3 Å². The molecule has 2 aromatic carbocycles. The van der Waals surface area contributed by atoms with Crippen molar-refractivity contribution in [3.8, 4) is 11.3 Å². The average Bonchev–Trinajstić information content (AvgIpc) is 3.14. The van der Waals surface area contributed by atoms with E-state index < -0.39 is 5.82 Å². The number of rotatable bonds is 5. The SMILES string of the molecule is Cc1ccc(-c2cc3c(SCC(=O)Nc4ccc(Br)cc4F)nccn3n2)cc1. The van der Waals surface area contributed by atoms with E-state index >= 15 is 0 Å². The number of carbonyl (C=O) groups excluding carboxylic acids is 1. The first kappa shape index (κ1) is 19.6. The number of benzene rings is 2. The fourth-order valence-corrected chi connectivity index (χ4v) is 3.89. The van der Waals surface area contributed by atoms with Crippen LogP contribution in [0.3, 0.4) is 0 Å². The van der Waals surface area contributed by atoms with Crippen molar-refractivity contribution in [2.45, 2.75) is 11.9 Å². The predicted octanol–water partition coefficient (Wildman–Crippen LogP) is 5.34. The van der Waals surface area contributed by atoms with Crippen LogP contribution in [0.15, 0.2) is 70.4 Å². The molecule has 0 aliphatic heterocycles. The highest BCUT2D eigenvalue weighted by Gasteiger charge is 2.13. The molecule has 0 radical (unpaired) electrons. The summed E-state index contributed by atoms with van der Waals surface area (Å²) >= 11 is 4.48. The Hall–Kier alpha value is -2.71. The van der Waals surface area contributed by atoms with Crippen molar-refractivity contribution in [3.05, 3.63) is 76.8 Å². The molecule has 0 spiro atoms. The molecule has 0 bridgehead atoms. The summed E-state index contributed by atoms with van der Waals surface area (Å²) in [6, 6.07) is 14.6. The zero-order valence-corrected chi connectivity index (χ0v) is 17.8. The summed E-state index contributed by atoms with van der Waals surface area (Å²) in [4.78, 5) is 16.6. The maximum absolute atomic E-state index is 13.9. The smallest absolute Gasteiger partial charge is 0.234 e. The van der Waals surface area contributed by atoms with Crippen molar-refractivity contribution >= 4 is 44.8 Å². The van der Waals surface area contributed by atoms with Crippen LogP contribution in [-0.2, 0) is 4.79 Å². The highest BCUT2D eigenvalue weighted by atomic mass is 79.9. The summed E-state index contributed by atoms with van der Waals surface area (Å²) < 4.78 is 16.3. The normalized spacial score (nSPS) is 11.0. The van der Waals surface area contributed by atoms with Gasteiger partial charge in [0.2, 0.25) is 5.91 Å². The molecule has 146 valence electrons. The molecule has 0 unspecified atom stereocenters. The third-order valence-electron chi connectivity index (χ3n) is 4.25. The molecular weight excluding hydrogens is 455 g/mol. The topological polar surface area (TPSA) is 59.3 Å². The number of aromatic nitrogens is 3. The van der Waals surface area contributed by atoms with E-state index in [0.717, 1.165) is 16.8 Å². The first-order valence-electron chi connectivity index (χ1n) is 8.79. The summed E-state index contributed by atoms with van der Waals surface area (Å²) in [7, 11) is 0. The number of hydrogen-bond acceptors (Lipinski definition) is 4. The molecule has 2 aromatic heterocycles. The molecule has 0 aliphatic carbocycles. The van der Waals surface area contributed by atoms with Crippen LogP contribution in [0.25, 0.3) is 16.8 Å². The lowest BCUT2D eigenvalue weighted by molar-refractivity contribution is -0.113. The van der Waals surface area contributed by atoms with Crippen molar-refractivity contribution in [3.63, 3.8) is 0 Å². The molecule has 8 heteroatoms. The number of anilines is 1. The molecular formula is C21H16BrFN4OS. The lowest BCUT2D eigenvalue weighted by Gasteiger charge is -2.07. The van der Waals surface area contributed by atoms with Crippen LogP contribution in [0.1, 0.15) is 5.56 Å². The molecule has 29 heavy (non-hydrogen) atoms. The lowest BCUT2D eigenvalue weighted by Crippen LogP contribution is -2.15. The van der Waals surface area contributed by atoms with Gasteiger partial charge in [0.15, 0.2) is 0 Å². The number of aryl methyl sites for hydroxylation is 1. The Labute approximate surface area is 179 Å². The van der Waals surface area contributed by atoms with Crippen LogP contribution >= 0.6 is 27.7 Å². The van der Waals surface area contributed by atoms with Gasteiger partial charge >= 0.3 is 0 Å². The molecule has 0 saturated heterocycles. The Balaban J connectivity index is 1.50. The molecule has 0 atom stereocenters. The summed E-state index contributed by atoms with van der Waals surface area (Å²) in [5, 5.41) is 7.87. The number of carbonyl (C=O) groups is 1. The standard InChI is InChI=1S/C21H16BrFN4OS/c1-13-2-4-14(5-3-13)18-11-19-21(24-8-9-27(19)26-18)29-12-20(28)25-17-7-6-15(22)10-16(17)23/h2-11H,12H2,1H3,(H,25,28). The minimum Gasteiger partial charge on any atom is -0.323 e. The molecule has 0 aliphatic rings. The molecule has 0 saturated carbocycles. The van der Waals surface area contributed by atoms with Gasteiger partial charge in [0, 0.05) is 22.4 Å². The number of fused-ring (bicyclic) bond motifs is 1. The van der Waals surface area contributed by atoms with E-state index in [1.165, 1.54) is 29.5 Å². The third-order valence-corrected chi connectivity index (χ3v) is 5.73. The van der Waals surface area contributed by atoms with Gasteiger partial charge < -0.3 is 5.32 Å². The van der Waals surface area contributed by atoms with Gasteiger partial charge in [-0.25, -0.2) is 13.9 Å². The number of amides is 1. The predicted molar refractivity (Wildman–Crippen MR) is 117 cm³/mol. The van der Waals surface area contributed by atoms with Crippen molar-refractivity contribution in [1.29, 1.82) is 0 Å². The Kier molecular flexibility index (Phi) is 5.64. The maximum atomic E-state index is 13.9. The number of thioether (sulfide) groups is 1. The number of nitrogens with zero attached hydrogens (tertiary/aromatic N) is 3. The molecule has 0 fully saturated rings. The lowest BCUT2D eigenvalue weighted by atomic mass is 10.1. The van der Waals surface area contributed by atoms with E-state index in [1.807, 2.05) is 37.3 Å². The van der Waals surface area contributed by atoms with Gasteiger partial charge in [-0.1, -0.05) is 57.5 Å². The van der Waals surface area contributed by atoms with Gasteiger partial charge in [0.05, 0.1) is 22.7 Å². The van der Waals surface area contributed by atoms with Crippen LogP contribution in [0.2, 0.25) is 0 Å². The van der Waals surface area contributed by atoms with Gasteiger partial charge in [-0.05, 0) is 31.2 Å². The van der Waals surface area contributed by atoms with Crippen molar-refractivity contribution in [2.24, 2.45) is 0 Å². The fourth-order valence-electron chi connectivity index (χ4n) is 2.79. The molecule has 1 N–H and O–H groups in total. The van der Waals surface area contributed by atoms with Crippen LogP contribution in [0.5, 0.6) is 0 Å². The van der Waals surface area contributed by atoms with E-state index in [2.05, 4.69) is 31.3 Å². The Morgan fingerprint density at radius 2 is 2.00 bits per heavy atom. The van der Waals surface area contributed by atoms with Crippen LogP contribution in [-0.4, -0.2) is 26.3 Å². The molecule has 4 aromatic rings. The monoisotopic (exact) mass is 470 g/mol. The van der Waals surface area contributed by atoms with Gasteiger partial charge in [-0.2, -0.15) is 5.10 Å². The van der Waals surface area contributed by atoms with Crippen molar-refractivity contribution in [1.82, 2.24) is 14.6 Å². The minimum atomic E-state index is -0.489. The second-order valence-corrected chi connectivity index (χ2v) is 8.30. The van der Waals surface area contributed by atoms with Crippen molar-refractivity contribution < 1.29 is 9.18 Å². The quantitative estimate of drug-likeness (QED) is 0.400. The summed E-state index contributed by atoms with van der Waals surface area (Å²) in [6.45, 7) is 2.04. The zero-order valence-electron chi connectivity index (χ0n) is 15.4. The highest BCUT2D eigenvalue weighted by Crippen LogP contribution is 2.26. The van der Waals surface area contributed by atoms with Gasteiger partial charge in [-0.3, -0.25) is 4.79 Å². The van der Waals surface area contributed by atoms with Crippen molar-refractivity contribution in [2.75, 3.05) is 11.1 Å². The highest BCUT2D eigenvalue weighted by molar-refractivity contribution is 9.10. The zero-order chi connectivity index (χ0) is 20.4. The second-order valence-electron chi connectivity index (χ2n) is 6.42. The summed E-state index contributed by atoms with van der Waals surface area (Å²) in [6.07, 6.45) is 3.42. The molecule has 2 heterocycles. The van der Waals surface area contributed by atoms with Gasteiger partial charge in [0.1, 0.15) is 10.8 Å².